The number of carbonyl (C=O) groups is 1. The van der Waals surface area contributed by atoms with Gasteiger partial charge in [0.15, 0.2) is 0 Å². The average Bonchev–Trinajstić information content (AvgIpc) is 3.14. The molecule has 3 aromatic rings. The third-order valence-electron chi connectivity index (χ3n) is 4.82. The van der Waals surface area contributed by atoms with E-state index in [4.69, 9.17) is 11.6 Å². The van der Waals surface area contributed by atoms with Gasteiger partial charge in [0.25, 0.3) is 5.24 Å². The fraction of sp³-hybridized carbons (Fsp3) is 0.250. The molecule has 32 heavy (non-hydrogen) atoms. The second-order valence-corrected chi connectivity index (χ2v) is 7.32. The van der Waals surface area contributed by atoms with Crippen LogP contribution in [-0.2, 0) is 5.67 Å². The summed E-state index contributed by atoms with van der Waals surface area (Å²) in [5, 5.41) is 6.98. The molecule has 0 spiro atoms. The van der Waals surface area contributed by atoms with E-state index in [1.165, 1.54) is 36.9 Å². The standard InChI is InChI=1S/C20H13ClF7N3O/c1-10-7-12(18(22,19(23,24)25)20(26,27)28)8-11(2)16(10)14-9-31(30-29-14)15-6-4-3-5-13(15)17(21)32/h3-9H,1-2H3. The van der Waals surface area contributed by atoms with Crippen molar-refractivity contribution in [3.63, 3.8) is 0 Å². The number of rotatable bonds is 4. The highest BCUT2D eigenvalue weighted by Gasteiger charge is 2.73. The summed E-state index contributed by atoms with van der Waals surface area (Å²) in [4.78, 5) is 11.6. The van der Waals surface area contributed by atoms with Crippen LogP contribution in [0.15, 0.2) is 42.6 Å². The number of nitrogens with zero attached hydrogens (tertiary/aromatic N) is 3. The highest BCUT2D eigenvalue weighted by molar-refractivity contribution is 6.68. The van der Waals surface area contributed by atoms with Gasteiger partial charge in [-0.25, -0.2) is 9.07 Å². The molecule has 0 atom stereocenters. The molecule has 0 saturated heterocycles. The van der Waals surface area contributed by atoms with Crippen molar-refractivity contribution in [2.75, 3.05) is 0 Å². The Hall–Kier alpha value is -2.95. The Kier molecular flexibility index (Phi) is 5.83. The van der Waals surface area contributed by atoms with Gasteiger partial charge >= 0.3 is 18.0 Å². The van der Waals surface area contributed by atoms with Gasteiger partial charge in [0, 0.05) is 11.1 Å². The molecular weight excluding hydrogens is 467 g/mol. The number of aryl methyl sites for hydroxylation is 2. The molecule has 4 nitrogen and oxygen atoms in total. The Labute approximate surface area is 181 Å². The summed E-state index contributed by atoms with van der Waals surface area (Å²) in [5.74, 6) is 0. The molecule has 0 N–H and O–H groups in total. The van der Waals surface area contributed by atoms with Crippen LogP contribution >= 0.6 is 11.6 Å². The quantitative estimate of drug-likeness (QED) is 0.330. The summed E-state index contributed by atoms with van der Waals surface area (Å²) in [6.45, 7) is 2.46. The number of benzene rings is 2. The van der Waals surface area contributed by atoms with Gasteiger partial charge in [-0.15, -0.1) is 5.10 Å². The first kappa shape index (κ1) is 23.7. The van der Waals surface area contributed by atoms with E-state index < -0.39 is 28.8 Å². The molecule has 0 aliphatic rings. The molecule has 1 heterocycles. The van der Waals surface area contributed by atoms with Crippen LogP contribution in [0.1, 0.15) is 27.0 Å². The van der Waals surface area contributed by atoms with Crippen LogP contribution in [0.4, 0.5) is 30.7 Å². The molecule has 0 aliphatic carbocycles. The van der Waals surface area contributed by atoms with E-state index >= 15 is 0 Å². The lowest BCUT2D eigenvalue weighted by Gasteiger charge is -2.31. The Morgan fingerprint density at radius 3 is 1.97 bits per heavy atom. The van der Waals surface area contributed by atoms with Crippen molar-refractivity contribution in [1.82, 2.24) is 15.0 Å². The fourth-order valence-corrected chi connectivity index (χ4v) is 3.55. The summed E-state index contributed by atoms with van der Waals surface area (Å²) < 4.78 is 94.3. The van der Waals surface area contributed by atoms with Crippen LogP contribution in [0.25, 0.3) is 16.9 Å². The van der Waals surface area contributed by atoms with Gasteiger partial charge < -0.3 is 0 Å². The van der Waals surface area contributed by atoms with E-state index in [2.05, 4.69) is 10.3 Å². The van der Waals surface area contributed by atoms with E-state index in [0.29, 0.717) is 12.1 Å². The van der Waals surface area contributed by atoms with Crippen LogP contribution < -0.4 is 0 Å². The maximum atomic E-state index is 14.5. The van der Waals surface area contributed by atoms with Crippen LogP contribution in [0, 0.1) is 13.8 Å². The van der Waals surface area contributed by atoms with Crippen LogP contribution in [-0.4, -0.2) is 32.6 Å². The lowest BCUT2D eigenvalue weighted by Crippen LogP contribution is -2.50. The lowest BCUT2D eigenvalue weighted by atomic mass is 9.88. The van der Waals surface area contributed by atoms with Gasteiger partial charge in [0.1, 0.15) is 5.69 Å². The predicted molar refractivity (Wildman–Crippen MR) is 101 cm³/mol. The van der Waals surface area contributed by atoms with Crippen molar-refractivity contribution < 1.29 is 35.5 Å². The average molecular weight is 480 g/mol. The molecule has 0 radical (unpaired) electrons. The highest BCUT2D eigenvalue weighted by atomic mass is 35.5. The molecule has 2 aromatic carbocycles. The molecule has 0 bridgehead atoms. The number of carbonyl (C=O) groups excluding carboxylic acids is 1. The van der Waals surface area contributed by atoms with Crippen molar-refractivity contribution in [1.29, 1.82) is 0 Å². The first-order chi connectivity index (χ1) is 14.7. The van der Waals surface area contributed by atoms with Crippen LogP contribution in [0.5, 0.6) is 0 Å². The molecule has 0 aliphatic heterocycles. The third kappa shape index (κ3) is 3.85. The van der Waals surface area contributed by atoms with Gasteiger partial charge in [0.05, 0.1) is 17.4 Å². The Bertz CT molecular complexity index is 1150. The van der Waals surface area contributed by atoms with Gasteiger partial charge in [-0.2, -0.15) is 26.3 Å². The van der Waals surface area contributed by atoms with Gasteiger partial charge in [0.2, 0.25) is 0 Å². The third-order valence-corrected chi connectivity index (χ3v) is 5.03. The van der Waals surface area contributed by atoms with Crippen LogP contribution in [0.3, 0.4) is 0 Å². The summed E-state index contributed by atoms with van der Waals surface area (Å²) >= 11 is 5.55. The first-order valence-electron chi connectivity index (χ1n) is 8.84. The highest BCUT2D eigenvalue weighted by Crippen LogP contribution is 2.53. The molecular formula is C20H13ClF7N3O. The Balaban J connectivity index is 2.13. The van der Waals surface area contributed by atoms with E-state index in [-0.39, 0.29) is 33.6 Å². The predicted octanol–water partition coefficient (Wildman–Crippen LogP) is 6.22. The minimum atomic E-state index is -6.22. The van der Waals surface area contributed by atoms with E-state index in [9.17, 15) is 35.5 Å². The summed E-state index contributed by atoms with van der Waals surface area (Å²) in [5.41, 5.74) is -6.66. The first-order valence-corrected chi connectivity index (χ1v) is 9.22. The van der Waals surface area contributed by atoms with E-state index in [1.54, 1.807) is 12.1 Å². The number of halogens is 8. The summed E-state index contributed by atoms with van der Waals surface area (Å²) in [6, 6.07) is 7.08. The zero-order valence-electron chi connectivity index (χ0n) is 16.3. The van der Waals surface area contributed by atoms with E-state index in [0.717, 1.165) is 0 Å². The van der Waals surface area contributed by atoms with Crippen molar-refractivity contribution in [3.8, 4) is 16.9 Å². The maximum absolute atomic E-state index is 14.5. The normalized spacial score (nSPS) is 12.8. The number of alkyl halides is 7. The topological polar surface area (TPSA) is 47.8 Å². The zero-order valence-corrected chi connectivity index (χ0v) is 17.1. The van der Waals surface area contributed by atoms with Gasteiger partial charge in [-0.1, -0.05) is 29.5 Å². The van der Waals surface area contributed by atoms with Gasteiger partial charge in [-0.3, -0.25) is 4.79 Å². The SMILES string of the molecule is Cc1cc(C(F)(C(F)(F)F)C(F)(F)F)cc(C)c1-c1cn(-c2ccccc2C(=O)Cl)nn1. The van der Waals surface area contributed by atoms with Crippen molar-refractivity contribution >= 4 is 16.8 Å². The molecule has 1 aromatic heterocycles. The minimum Gasteiger partial charge on any atom is -0.276 e. The summed E-state index contributed by atoms with van der Waals surface area (Å²) in [6.07, 6.45) is -11.1. The zero-order chi connectivity index (χ0) is 24.1. The van der Waals surface area contributed by atoms with Crippen molar-refractivity contribution in [2.24, 2.45) is 0 Å². The monoisotopic (exact) mass is 479 g/mol. The Morgan fingerprint density at radius 1 is 0.938 bits per heavy atom. The Morgan fingerprint density at radius 2 is 1.47 bits per heavy atom. The lowest BCUT2D eigenvalue weighted by molar-refractivity contribution is -0.348. The molecule has 0 fully saturated rings. The molecule has 0 saturated carbocycles. The number of hydrogen-bond acceptors (Lipinski definition) is 3. The number of hydrogen-bond donors (Lipinski definition) is 0. The molecule has 12 heteroatoms. The smallest absolute Gasteiger partial charge is 0.276 e. The molecule has 170 valence electrons. The second-order valence-electron chi connectivity index (χ2n) is 6.98. The van der Waals surface area contributed by atoms with Crippen LogP contribution in [0.2, 0.25) is 0 Å². The van der Waals surface area contributed by atoms with Crippen molar-refractivity contribution in [3.05, 3.63) is 64.8 Å². The molecule has 0 amide bonds. The largest absolute Gasteiger partial charge is 0.435 e. The van der Waals surface area contributed by atoms with Crippen molar-refractivity contribution in [2.45, 2.75) is 31.9 Å². The minimum absolute atomic E-state index is 0.0794. The number of para-hydroxylation sites is 1. The summed E-state index contributed by atoms with van der Waals surface area (Å²) in [7, 11) is 0. The second kappa shape index (κ2) is 7.88. The molecule has 0 unspecified atom stereocenters. The van der Waals surface area contributed by atoms with Gasteiger partial charge in [-0.05, 0) is 48.7 Å². The fourth-order valence-electron chi connectivity index (χ4n) is 3.39. The number of aromatic nitrogens is 3. The van der Waals surface area contributed by atoms with E-state index in [1.807, 2.05) is 0 Å². The molecule has 3 rings (SSSR count). The maximum Gasteiger partial charge on any atom is 0.435 e.